The Hall–Kier alpha value is -1.45. The number of likely N-dealkylation sites (tertiary alicyclic amines) is 1. The van der Waals surface area contributed by atoms with E-state index in [4.69, 9.17) is 4.98 Å². The van der Waals surface area contributed by atoms with Gasteiger partial charge in [0.1, 0.15) is 0 Å². The molecule has 0 bridgehead atoms. The molecule has 0 radical (unpaired) electrons. The Morgan fingerprint density at radius 3 is 2.75 bits per heavy atom. The largest absolute Gasteiger partial charge is 0.308 e. The van der Waals surface area contributed by atoms with Crippen LogP contribution in [-0.4, -0.2) is 35.6 Å². The van der Waals surface area contributed by atoms with Crippen LogP contribution < -0.4 is 5.32 Å². The summed E-state index contributed by atoms with van der Waals surface area (Å²) in [6, 6.07) is 13.2. The molecule has 1 aliphatic rings. The summed E-state index contributed by atoms with van der Waals surface area (Å²) < 4.78 is 0. The van der Waals surface area contributed by atoms with Crippen molar-refractivity contribution >= 4 is 10.9 Å². The number of pyridine rings is 1. The Morgan fingerprint density at radius 2 is 1.95 bits per heavy atom. The van der Waals surface area contributed by atoms with E-state index >= 15 is 0 Å². The Kier molecular flexibility index (Phi) is 4.28. The van der Waals surface area contributed by atoms with Gasteiger partial charge in [-0.2, -0.15) is 0 Å². The van der Waals surface area contributed by atoms with Gasteiger partial charge >= 0.3 is 0 Å². The first kappa shape index (κ1) is 13.5. The van der Waals surface area contributed by atoms with Crippen molar-refractivity contribution in [1.82, 2.24) is 15.2 Å². The second kappa shape index (κ2) is 6.33. The van der Waals surface area contributed by atoms with Gasteiger partial charge in [-0.3, -0.25) is 4.98 Å². The van der Waals surface area contributed by atoms with E-state index in [1.165, 1.54) is 37.9 Å². The number of hydrogen-bond acceptors (Lipinski definition) is 3. The fourth-order valence-electron chi connectivity index (χ4n) is 2.91. The van der Waals surface area contributed by atoms with E-state index < -0.39 is 0 Å². The predicted molar refractivity (Wildman–Crippen MR) is 83.7 cm³/mol. The lowest BCUT2D eigenvalue weighted by Crippen LogP contribution is -2.42. The minimum atomic E-state index is 0.645. The van der Waals surface area contributed by atoms with Gasteiger partial charge in [-0.25, -0.2) is 0 Å². The summed E-state index contributed by atoms with van der Waals surface area (Å²) in [7, 11) is 0. The Balaban J connectivity index is 1.57. The van der Waals surface area contributed by atoms with Crippen LogP contribution in [0.5, 0.6) is 0 Å². The molecule has 0 spiro atoms. The van der Waals surface area contributed by atoms with Gasteiger partial charge in [-0.05, 0) is 44.6 Å². The van der Waals surface area contributed by atoms with Gasteiger partial charge in [0.05, 0.1) is 11.2 Å². The molecule has 0 atom stereocenters. The molecule has 2 aromatic rings. The first-order valence-electron chi connectivity index (χ1n) is 7.65. The molecule has 1 aromatic carbocycles. The maximum Gasteiger partial charge on any atom is 0.0705 e. The molecule has 1 fully saturated rings. The average molecular weight is 269 g/mol. The molecule has 0 aliphatic carbocycles. The van der Waals surface area contributed by atoms with Crippen LogP contribution in [0.25, 0.3) is 10.9 Å². The quantitative estimate of drug-likeness (QED) is 0.925. The van der Waals surface area contributed by atoms with E-state index in [0.29, 0.717) is 6.04 Å². The van der Waals surface area contributed by atoms with Crippen LogP contribution >= 0.6 is 0 Å². The molecule has 3 heteroatoms. The summed E-state index contributed by atoms with van der Waals surface area (Å²) in [6.07, 6.45) is 2.50. The number of nitrogens with one attached hydrogen (secondary N) is 1. The summed E-state index contributed by atoms with van der Waals surface area (Å²) in [5.74, 6) is 0. The third-order valence-corrected chi connectivity index (χ3v) is 4.26. The van der Waals surface area contributed by atoms with Gasteiger partial charge < -0.3 is 10.2 Å². The van der Waals surface area contributed by atoms with Crippen molar-refractivity contribution in [1.29, 1.82) is 0 Å². The van der Waals surface area contributed by atoms with Crippen molar-refractivity contribution in [2.45, 2.75) is 32.4 Å². The molecule has 20 heavy (non-hydrogen) atoms. The highest BCUT2D eigenvalue weighted by atomic mass is 15.1. The van der Waals surface area contributed by atoms with Crippen molar-refractivity contribution in [2.24, 2.45) is 0 Å². The lowest BCUT2D eigenvalue weighted by atomic mass is 10.1. The number of aromatic nitrogens is 1. The zero-order valence-electron chi connectivity index (χ0n) is 12.2. The topological polar surface area (TPSA) is 28.2 Å². The maximum absolute atomic E-state index is 4.72. The number of para-hydroxylation sites is 1. The normalized spacial score (nSPS) is 17.6. The highest BCUT2D eigenvalue weighted by Gasteiger charge is 2.17. The molecular weight excluding hydrogens is 246 g/mol. The maximum atomic E-state index is 4.72. The Morgan fingerprint density at radius 1 is 1.15 bits per heavy atom. The lowest BCUT2D eigenvalue weighted by molar-refractivity contribution is 0.205. The second-order valence-corrected chi connectivity index (χ2v) is 5.58. The highest BCUT2D eigenvalue weighted by molar-refractivity contribution is 5.78. The van der Waals surface area contributed by atoms with E-state index in [0.717, 1.165) is 17.8 Å². The van der Waals surface area contributed by atoms with Crippen molar-refractivity contribution in [3.05, 3.63) is 42.1 Å². The molecule has 3 nitrogen and oxygen atoms in total. The smallest absolute Gasteiger partial charge is 0.0705 e. The molecule has 0 amide bonds. The van der Waals surface area contributed by atoms with Gasteiger partial charge in [0, 0.05) is 18.0 Å². The monoisotopic (exact) mass is 269 g/mol. The average Bonchev–Trinajstić information content (AvgIpc) is 2.53. The molecule has 1 saturated heterocycles. The number of rotatable bonds is 4. The number of benzene rings is 1. The van der Waals surface area contributed by atoms with Gasteiger partial charge in [0.2, 0.25) is 0 Å². The van der Waals surface area contributed by atoms with Crippen molar-refractivity contribution in [3.63, 3.8) is 0 Å². The third kappa shape index (κ3) is 3.17. The number of hydrogen-bond donors (Lipinski definition) is 1. The van der Waals surface area contributed by atoms with Crippen LogP contribution in [0.3, 0.4) is 0 Å². The van der Waals surface area contributed by atoms with E-state index in [2.05, 4.69) is 47.5 Å². The van der Waals surface area contributed by atoms with Crippen LogP contribution in [-0.2, 0) is 6.54 Å². The fraction of sp³-hybridized carbons (Fsp3) is 0.471. The molecule has 2 heterocycles. The van der Waals surface area contributed by atoms with E-state index in [9.17, 15) is 0 Å². The first-order valence-corrected chi connectivity index (χ1v) is 7.65. The standard InChI is InChI=1S/C17H23N3/c1-2-20-11-9-15(10-12-20)18-13-16-8-7-14-5-3-4-6-17(14)19-16/h3-8,15,18H,2,9-13H2,1H3. The highest BCUT2D eigenvalue weighted by Crippen LogP contribution is 2.13. The minimum absolute atomic E-state index is 0.645. The van der Waals surface area contributed by atoms with Gasteiger partial charge in [-0.15, -0.1) is 0 Å². The molecular formula is C17H23N3. The van der Waals surface area contributed by atoms with E-state index in [1.807, 2.05) is 6.07 Å². The molecule has 3 rings (SSSR count). The number of piperidine rings is 1. The summed E-state index contributed by atoms with van der Waals surface area (Å²) >= 11 is 0. The Labute approximate surface area is 121 Å². The molecule has 0 unspecified atom stereocenters. The molecule has 106 valence electrons. The molecule has 1 aromatic heterocycles. The van der Waals surface area contributed by atoms with Crippen molar-refractivity contribution < 1.29 is 0 Å². The van der Waals surface area contributed by atoms with E-state index in [-0.39, 0.29) is 0 Å². The molecule has 0 saturated carbocycles. The third-order valence-electron chi connectivity index (χ3n) is 4.26. The summed E-state index contributed by atoms with van der Waals surface area (Å²) in [5, 5.41) is 4.87. The van der Waals surface area contributed by atoms with Crippen LogP contribution in [0.15, 0.2) is 36.4 Å². The summed E-state index contributed by atoms with van der Waals surface area (Å²) in [4.78, 5) is 7.24. The fourth-order valence-corrected chi connectivity index (χ4v) is 2.91. The van der Waals surface area contributed by atoms with Gasteiger partial charge in [-0.1, -0.05) is 31.2 Å². The van der Waals surface area contributed by atoms with Crippen LogP contribution in [0, 0.1) is 0 Å². The zero-order valence-corrected chi connectivity index (χ0v) is 12.2. The SMILES string of the molecule is CCN1CCC(NCc2ccc3ccccc3n2)CC1. The van der Waals surface area contributed by atoms with Crippen LogP contribution in [0.1, 0.15) is 25.5 Å². The van der Waals surface area contributed by atoms with Crippen molar-refractivity contribution in [2.75, 3.05) is 19.6 Å². The van der Waals surface area contributed by atoms with Gasteiger partial charge in [0.15, 0.2) is 0 Å². The van der Waals surface area contributed by atoms with Crippen LogP contribution in [0.4, 0.5) is 0 Å². The first-order chi connectivity index (χ1) is 9.85. The lowest BCUT2D eigenvalue weighted by Gasteiger charge is -2.31. The zero-order chi connectivity index (χ0) is 13.8. The molecule has 1 N–H and O–H groups in total. The van der Waals surface area contributed by atoms with Crippen molar-refractivity contribution in [3.8, 4) is 0 Å². The minimum Gasteiger partial charge on any atom is -0.308 e. The van der Waals surface area contributed by atoms with Crippen LogP contribution in [0.2, 0.25) is 0 Å². The predicted octanol–water partition coefficient (Wildman–Crippen LogP) is 2.81. The number of nitrogens with zero attached hydrogens (tertiary/aromatic N) is 2. The summed E-state index contributed by atoms with van der Waals surface area (Å²) in [5.41, 5.74) is 2.23. The van der Waals surface area contributed by atoms with Gasteiger partial charge in [0.25, 0.3) is 0 Å². The molecule has 1 aliphatic heterocycles. The Bertz CT molecular complexity index is 559. The number of fused-ring (bicyclic) bond motifs is 1. The van der Waals surface area contributed by atoms with E-state index in [1.54, 1.807) is 0 Å². The second-order valence-electron chi connectivity index (χ2n) is 5.58. The summed E-state index contributed by atoms with van der Waals surface area (Å²) in [6.45, 7) is 6.74.